The Balaban J connectivity index is 1.62. The predicted octanol–water partition coefficient (Wildman–Crippen LogP) is 4.29. The van der Waals surface area contributed by atoms with Crippen LogP contribution in [0.4, 0.5) is 11.6 Å². The SMILES string of the molecule is COc1ccc(-c2cccn3nc(Nc4cccc(C(=O)NC(C)C)c4)nc23)cc1. The monoisotopic (exact) mass is 401 g/mol. The number of anilines is 2. The number of carbonyl (C=O) groups excluding carboxylic acids is 1. The van der Waals surface area contributed by atoms with E-state index in [4.69, 9.17) is 4.74 Å². The molecule has 1 amide bonds. The first-order valence-electron chi connectivity index (χ1n) is 9.71. The summed E-state index contributed by atoms with van der Waals surface area (Å²) in [5.74, 6) is 1.15. The molecule has 0 unspecified atom stereocenters. The summed E-state index contributed by atoms with van der Waals surface area (Å²) in [5, 5.41) is 10.6. The zero-order valence-electron chi connectivity index (χ0n) is 17.1. The molecule has 0 aliphatic carbocycles. The first-order chi connectivity index (χ1) is 14.5. The normalized spacial score (nSPS) is 10.9. The molecular formula is C23H23N5O2. The van der Waals surface area contributed by atoms with E-state index in [9.17, 15) is 4.79 Å². The van der Waals surface area contributed by atoms with Crippen molar-refractivity contribution in [3.05, 3.63) is 72.4 Å². The molecule has 7 heteroatoms. The van der Waals surface area contributed by atoms with Crippen molar-refractivity contribution < 1.29 is 9.53 Å². The number of benzene rings is 2. The van der Waals surface area contributed by atoms with Crippen molar-refractivity contribution in [1.82, 2.24) is 19.9 Å². The van der Waals surface area contributed by atoms with Crippen molar-refractivity contribution in [2.45, 2.75) is 19.9 Å². The molecule has 2 aromatic heterocycles. The minimum Gasteiger partial charge on any atom is -0.497 e. The Kier molecular flexibility index (Phi) is 5.34. The fourth-order valence-electron chi connectivity index (χ4n) is 3.17. The number of carbonyl (C=O) groups is 1. The van der Waals surface area contributed by atoms with Gasteiger partial charge in [0.05, 0.1) is 7.11 Å². The summed E-state index contributed by atoms with van der Waals surface area (Å²) in [5.41, 5.74) is 4.04. The van der Waals surface area contributed by atoms with Gasteiger partial charge in [-0.15, -0.1) is 5.10 Å². The molecule has 0 saturated heterocycles. The zero-order valence-corrected chi connectivity index (χ0v) is 17.1. The number of nitrogens with one attached hydrogen (secondary N) is 2. The summed E-state index contributed by atoms with van der Waals surface area (Å²) in [7, 11) is 1.65. The molecule has 152 valence electrons. The van der Waals surface area contributed by atoms with Crippen molar-refractivity contribution in [3.8, 4) is 16.9 Å². The van der Waals surface area contributed by atoms with Gasteiger partial charge in [-0.05, 0) is 61.9 Å². The van der Waals surface area contributed by atoms with Crippen LogP contribution in [0.25, 0.3) is 16.8 Å². The zero-order chi connectivity index (χ0) is 21.1. The molecule has 0 fully saturated rings. The summed E-state index contributed by atoms with van der Waals surface area (Å²) in [4.78, 5) is 16.9. The van der Waals surface area contributed by atoms with Gasteiger partial charge in [0.15, 0.2) is 5.65 Å². The lowest BCUT2D eigenvalue weighted by Gasteiger charge is -2.09. The number of hydrogen-bond acceptors (Lipinski definition) is 5. The van der Waals surface area contributed by atoms with Gasteiger partial charge in [-0.25, -0.2) is 4.52 Å². The lowest BCUT2D eigenvalue weighted by Crippen LogP contribution is -2.30. The third kappa shape index (κ3) is 4.10. The largest absolute Gasteiger partial charge is 0.497 e. The molecule has 0 atom stereocenters. The second-order valence-electron chi connectivity index (χ2n) is 7.19. The van der Waals surface area contributed by atoms with Crippen LogP contribution in [0.3, 0.4) is 0 Å². The second-order valence-corrected chi connectivity index (χ2v) is 7.19. The number of aromatic nitrogens is 3. The van der Waals surface area contributed by atoms with Gasteiger partial charge in [-0.1, -0.05) is 18.2 Å². The average Bonchev–Trinajstić information content (AvgIpc) is 3.16. The fraction of sp³-hybridized carbons (Fsp3) is 0.174. The maximum atomic E-state index is 12.3. The molecule has 2 aromatic carbocycles. The van der Waals surface area contributed by atoms with Gasteiger partial charge in [0.25, 0.3) is 5.91 Å². The van der Waals surface area contributed by atoms with Crippen LogP contribution in [-0.2, 0) is 0 Å². The van der Waals surface area contributed by atoms with Crippen molar-refractivity contribution in [2.75, 3.05) is 12.4 Å². The second kappa shape index (κ2) is 8.24. The summed E-state index contributed by atoms with van der Waals surface area (Å²) in [6.45, 7) is 3.86. The van der Waals surface area contributed by atoms with Crippen LogP contribution in [0.2, 0.25) is 0 Å². The molecule has 7 nitrogen and oxygen atoms in total. The minimum atomic E-state index is -0.113. The van der Waals surface area contributed by atoms with Gasteiger partial charge in [0, 0.05) is 29.1 Å². The summed E-state index contributed by atoms with van der Waals surface area (Å²) >= 11 is 0. The van der Waals surface area contributed by atoms with Gasteiger partial charge < -0.3 is 15.4 Å². The average molecular weight is 401 g/mol. The van der Waals surface area contributed by atoms with Crippen LogP contribution in [0.5, 0.6) is 5.75 Å². The van der Waals surface area contributed by atoms with Gasteiger partial charge in [0.2, 0.25) is 5.95 Å². The maximum Gasteiger partial charge on any atom is 0.251 e. The van der Waals surface area contributed by atoms with Crippen molar-refractivity contribution in [1.29, 1.82) is 0 Å². The highest BCUT2D eigenvalue weighted by Gasteiger charge is 2.12. The molecule has 4 aromatic rings. The Hall–Kier alpha value is -3.87. The molecule has 0 aliphatic heterocycles. The molecule has 0 aliphatic rings. The van der Waals surface area contributed by atoms with Crippen molar-refractivity contribution in [2.24, 2.45) is 0 Å². The van der Waals surface area contributed by atoms with Crippen LogP contribution in [0.1, 0.15) is 24.2 Å². The van der Waals surface area contributed by atoms with Crippen LogP contribution < -0.4 is 15.4 Å². The number of amides is 1. The van der Waals surface area contributed by atoms with Gasteiger partial charge in [-0.2, -0.15) is 4.98 Å². The molecule has 0 spiro atoms. The van der Waals surface area contributed by atoms with Crippen LogP contribution in [-0.4, -0.2) is 33.7 Å². The Morgan fingerprint density at radius 1 is 1.07 bits per heavy atom. The van der Waals surface area contributed by atoms with Gasteiger partial charge >= 0.3 is 0 Å². The Bertz CT molecular complexity index is 1180. The van der Waals surface area contributed by atoms with E-state index in [0.717, 1.165) is 28.2 Å². The number of hydrogen-bond donors (Lipinski definition) is 2. The predicted molar refractivity (Wildman–Crippen MR) is 117 cm³/mol. The summed E-state index contributed by atoms with van der Waals surface area (Å²) in [6, 6.07) is 19.1. The Labute approximate surface area is 174 Å². The van der Waals surface area contributed by atoms with E-state index in [-0.39, 0.29) is 11.9 Å². The lowest BCUT2D eigenvalue weighted by atomic mass is 10.1. The van der Waals surface area contributed by atoms with E-state index in [2.05, 4.69) is 20.7 Å². The van der Waals surface area contributed by atoms with E-state index < -0.39 is 0 Å². The Morgan fingerprint density at radius 2 is 1.87 bits per heavy atom. The smallest absolute Gasteiger partial charge is 0.251 e. The molecular weight excluding hydrogens is 378 g/mol. The van der Waals surface area contributed by atoms with E-state index in [1.807, 2.05) is 68.6 Å². The van der Waals surface area contributed by atoms with Gasteiger partial charge in [-0.3, -0.25) is 4.79 Å². The van der Waals surface area contributed by atoms with Crippen LogP contribution >= 0.6 is 0 Å². The third-order valence-corrected chi connectivity index (χ3v) is 4.56. The highest BCUT2D eigenvalue weighted by molar-refractivity contribution is 5.95. The minimum absolute atomic E-state index is 0.0746. The molecule has 2 heterocycles. The lowest BCUT2D eigenvalue weighted by molar-refractivity contribution is 0.0943. The van der Waals surface area contributed by atoms with E-state index in [0.29, 0.717) is 11.5 Å². The number of methoxy groups -OCH3 is 1. The molecule has 0 bridgehead atoms. The summed E-state index contributed by atoms with van der Waals surface area (Å²) < 4.78 is 6.97. The molecule has 0 radical (unpaired) electrons. The highest BCUT2D eigenvalue weighted by atomic mass is 16.5. The first-order valence-corrected chi connectivity index (χ1v) is 9.71. The van der Waals surface area contributed by atoms with E-state index >= 15 is 0 Å². The first kappa shape index (κ1) is 19.4. The molecule has 30 heavy (non-hydrogen) atoms. The highest BCUT2D eigenvalue weighted by Crippen LogP contribution is 2.26. The van der Waals surface area contributed by atoms with Crippen LogP contribution in [0.15, 0.2) is 66.9 Å². The molecule has 0 saturated carbocycles. The van der Waals surface area contributed by atoms with Crippen molar-refractivity contribution in [3.63, 3.8) is 0 Å². The number of pyridine rings is 1. The topological polar surface area (TPSA) is 80.5 Å². The number of fused-ring (bicyclic) bond motifs is 1. The number of ether oxygens (including phenoxy) is 1. The number of rotatable bonds is 6. The fourth-order valence-corrected chi connectivity index (χ4v) is 3.17. The van der Waals surface area contributed by atoms with E-state index in [1.54, 1.807) is 23.8 Å². The maximum absolute atomic E-state index is 12.3. The molecule has 4 rings (SSSR count). The molecule has 2 N–H and O–H groups in total. The standard InChI is InChI=1S/C23H23N5O2/c1-15(2)24-22(29)17-6-4-7-18(14-17)25-23-26-21-20(8-5-13-28(21)27-23)16-9-11-19(30-3)12-10-16/h4-15H,1-3H3,(H,24,29)(H,25,27). The van der Waals surface area contributed by atoms with Crippen LogP contribution in [0, 0.1) is 0 Å². The van der Waals surface area contributed by atoms with Crippen molar-refractivity contribution >= 4 is 23.2 Å². The van der Waals surface area contributed by atoms with Gasteiger partial charge in [0.1, 0.15) is 5.75 Å². The van der Waals surface area contributed by atoms with E-state index in [1.165, 1.54) is 0 Å². The third-order valence-electron chi connectivity index (χ3n) is 4.56. The quantitative estimate of drug-likeness (QED) is 0.504. The number of nitrogens with zero attached hydrogens (tertiary/aromatic N) is 3. The summed E-state index contributed by atoms with van der Waals surface area (Å²) in [6.07, 6.45) is 1.85. The Morgan fingerprint density at radius 3 is 2.60 bits per heavy atom.